The quantitative estimate of drug-likeness (QED) is 0.290. The zero-order chi connectivity index (χ0) is 28.2. The van der Waals surface area contributed by atoms with Crippen LogP contribution in [0.3, 0.4) is 0 Å². The number of ether oxygens (including phenoxy) is 4. The van der Waals surface area contributed by atoms with Crippen LogP contribution in [0, 0.1) is 16.7 Å². The number of esters is 3. The van der Waals surface area contributed by atoms with Crippen LogP contribution in [0.2, 0.25) is 0 Å². The summed E-state index contributed by atoms with van der Waals surface area (Å²) in [6.45, 7) is 5.63. The molecule has 3 N–H and O–H groups in total. The number of cyclic esters (lactones) is 1. The van der Waals surface area contributed by atoms with E-state index in [9.17, 15) is 29.7 Å². The molecule has 10 heteroatoms. The van der Waals surface area contributed by atoms with Gasteiger partial charge in [0.1, 0.15) is 18.8 Å². The Labute approximate surface area is 225 Å². The van der Waals surface area contributed by atoms with Crippen molar-refractivity contribution in [1.29, 1.82) is 0 Å². The van der Waals surface area contributed by atoms with E-state index < -0.39 is 69.8 Å². The van der Waals surface area contributed by atoms with Gasteiger partial charge in [-0.2, -0.15) is 0 Å². The van der Waals surface area contributed by atoms with E-state index in [0.717, 1.165) is 0 Å². The third-order valence-electron chi connectivity index (χ3n) is 10.2. The van der Waals surface area contributed by atoms with E-state index in [1.807, 2.05) is 0 Å². The van der Waals surface area contributed by atoms with E-state index in [-0.39, 0.29) is 37.2 Å². The second-order valence-corrected chi connectivity index (χ2v) is 12.3. The van der Waals surface area contributed by atoms with Crippen molar-refractivity contribution in [3.8, 4) is 0 Å². The zero-order valence-corrected chi connectivity index (χ0v) is 22.4. The largest absolute Gasteiger partial charge is 0.462 e. The Morgan fingerprint density at radius 2 is 1.85 bits per heavy atom. The molecule has 5 aliphatic rings. The topological polar surface area (TPSA) is 149 Å². The van der Waals surface area contributed by atoms with Crippen LogP contribution in [0.25, 0.3) is 0 Å². The smallest absolute Gasteiger partial charge is 0.343 e. The van der Waals surface area contributed by atoms with Crippen LogP contribution in [0.15, 0.2) is 41.5 Å². The maximum atomic E-state index is 13.7. The van der Waals surface area contributed by atoms with E-state index in [0.29, 0.717) is 12.0 Å². The van der Waals surface area contributed by atoms with Gasteiger partial charge in [0, 0.05) is 13.3 Å². The summed E-state index contributed by atoms with van der Waals surface area (Å²) >= 11 is 0. The number of aliphatic hydroxyl groups excluding tert-OH is 1. The van der Waals surface area contributed by atoms with E-state index in [4.69, 9.17) is 18.9 Å². The normalized spacial score (nSPS) is 42.4. The second-order valence-electron chi connectivity index (χ2n) is 12.3. The number of benzene rings is 1. The molecule has 2 saturated heterocycles. The van der Waals surface area contributed by atoms with Gasteiger partial charge < -0.3 is 34.3 Å². The molecule has 0 amide bonds. The van der Waals surface area contributed by atoms with Crippen molar-refractivity contribution in [3.63, 3.8) is 0 Å². The lowest BCUT2D eigenvalue weighted by molar-refractivity contribution is -0.368. The van der Waals surface area contributed by atoms with E-state index in [2.05, 4.69) is 0 Å². The summed E-state index contributed by atoms with van der Waals surface area (Å²) < 4.78 is 23.7. The number of hydrogen-bond acceptors (Lipinski definition) is 10. The first-order valence-corrected chi connectivity index (χ1v) is 13.4. The number of hydrogen-bond donors (Lipinski definition) is 3. The minimum absolute atomic E-state index is 0.0378. The third kappa shape index (κ3) is 2.98. The average molecular weight is 543 g/mol. The first-order valence-electron chi connectivity index (χ1n) is 13.4. The van der Waals surface area contributed by atoms with Crippen LogP contribution in [-0.2, 0) is 28.5 Å². The first-order chi connectivity index (χ1) is 18.3. The molecule has 39 heavy (non-hydrogen) atoms. The Kier molecular flexibility index (Phi) is 5.51. The Hall–Kier alpha value is -2.79. The van der Waals surface area contributed by atoms with Crippen LogP contribution < -0.4 is 0 Å². The monoisotopic (exact) mass is 542 g/mol. The molecule has 6 rings (SSSR count). The van der Waals surface area contributed by atoms with Gasteiger partial charge in [-0.05, 0) is 51.3 Å². The van der Waals surface area contributed by atoms with Gasteiger partial charge in [0.15, 0.2) is 11.2 Å². The average Bonchev–Trinajstić information content (AvgIpc) is 3.36. The molecule has 4 fully saturated rings. The molecule has 0 radical (unpaired) electrons. The molecule has 210 valence electrons. The lowest BCUT2D eigenvalue weighted by Crippen LogP contribution is -2.85. The summed E-state index contributed by atoms with van der Waals surface area (Å²) in [5, 5.41) is 36.3. The molecule has 2 aliphatic heterocycles. The number of aliphatic hydroxyl groups is 3. The van der Waals surface area contributed by atoms with Gasteiger partial charge in [-0.1, -0.05) is 23.8 Å². The summed E-state index contributed by atoms with van der Waals surface area (Å²) in [7, 11) is 0. The summed E-state index contributed by atoms with van der Waals surface area (Å²) in [6, 6.07) is 8.34. The number of carbonyl (C=O) groups is 3. The lowest BCUT2D eigenvalue weighted by atomic mass is 9.38. The van der Waals surface area contributed by atoms with Crippen molar-refractivity contribution < 1.29 is 48.7 Å². The molecule has 2 heterocycles. The number of allylic oxidation sites excluding steroid dienone is 1. The van der Waals surface area contributed by atoms with Gasteiger partial charge >= 0.3 is 17.9 Å². The van der Waals surface area contributed by atoms with Crippen molar-refractivity contribution in [2.45, 2.75) is 82.1 Å². The van der Waals surface area contributed by atoms with Gasteiger partial charge in [0.05, 0.1) is 40.6 Å². The molecule has 8 atom stereocenters. The Bertz CT molecular complexity index is 1280. The Morgan fingerprint density at radius 3 is 2.44 bits per heavy atom. The molecule has 1 aromatic rings. The number of carbonyl (C=O) groups excluding carboxylic acids is 3. The van der Waals surface area contributed by atoms with Crippen molar-refractivity contribution in [1.82, 2.24) is 0 Å². The number of rotatable bonds is 4. The highest BCUT2D eigenvalue weighted by atomic mass is 16.6. The standard InChI is InChI=1S/C29H34O10/c1-15-10-11-26(25(3,4)34)20(15)29(35)24(33)37-13-27(29)18(31)12-19-28(14-36-19,39-16(2)30)21(27)22(26)38-23(32)17-8-6-5-7-9-17/h5-9,18-19,21-22,31,34-35H,10-14H2,1-4H3/t18-,19+,21-,22-,26-,27+,28-,29+/m0/s1. The van der Waals surface area contributed by atoms with Gasteiger partial charge in [-0.15, -0.1) is 0 Å². The van der Waals surface area contributed by atoms with Crippen molar-refractivity contribution >= 4 is 17.9 Å². The molecule has 1 spiro atoms. The summed E-state index contributed by atoms with van der Waals surface area (Å²) in [5.74, 6) is -3.41. The minimum atomic E-state index is -2.36. The summed E-state index contributed by atoms with van der Waals surface area (Å²) in [4.78, 5) is 39.8. The van der Waals surface area contributed by atoms with Gasteiger partial charge in [0.25, 0.3) is 0 Å². The van der Waals surface area contributed by atoms with Crippen LogP contribution in [0.5, 0.6) is 0 Å². The molecule has 0 unspecified atom stereocenters. The highest BCUT2D eigenvalue weighted by Gasteiger charge is 2.88. The second kappa shape index (κ2) is 8.13. The summed E-state index contributed by atoms with van der Waals surface area (Å²) in [5.41, 5.74) is -7.53. The van der Waals surface area contributed by atoms with Crippen LogP contribution in [0.1, 0.15) is 57.3 Å². The first kappa shape index (κ1) is 26.4. The van der Waals surface area contributed by atoms with Crippen molar-refractivity contribution in [2.75, 3.05) is 13.2 Å². The van der Waals surface area contributed by atoms with E-state index in [1.165, 1.54) is 6.92 Å². The third-order valence-corrected chi connectivity index (χ3v) is 10.2. The lowest BCUT2D eigenvalue weighted by Gasteiger charge is -2.70. The Balaban J connectivity index is 1.67. The van der Waals surface area contributed by atoms with Crippen LogP contribution >= 0.6 is 0 Å². The molecular formula is C29H34O10. The highest BCUT2D eigenvalue weighted by molar-refractivity contribution is 5.91. The maximum absolute atomic E-state index is 13.7. The van der Waals surface area contributed by atoms with Gasteiger partial charge in [-0.3, -0.25) is 4.79 Å². The summed E-state index contributed by atoms with van der Waals surface area (Å²) in [6.07, 6.45) is -2.75. The SMILES string of the molecule is CC(=O)O[C@@]12CO[C@@H]1C[C@H](O)[C@@]13COC(=O)[C@]1(O)C1=C(C)CC[C@@]1(C(C)(C)O)[C@@H](OC(=O)c1ccccc1)[C@H]23. The van der Waals surface area contributed by atoms with Crippen LogP contribution in [0.4, 0.5) is 0 Å². The Morgan fingerprint density at radius 1 is 1.15 bits per heavy atom. The van der Waals surface area contributed by atoms with Crippen molar-refractivity contribution in [2.24, 2.45) is 16.7 Å². The van der Waals surface area contributed by atoms with E-state index >= 15 is 0 Å². The zero-order valence-electron chi connectivity index (χ0n) is 22.4. The maximum Gasteiger partial charge on any atom is 0.343 e. The number of fused-ring (bicyclic) bond motifs is 4. The molecule has 3 aliphatic carbocycles. The van der Waals surface area contributed by atoms with E-state index in [1.54, 1.807) is 51.1 Å². The van der Waals surface area contributed by atoms with Crippen molar-refractivity contribution in [3.05, 3.63) is 47.0 Å². The molecule has 10 nitrogen and oxygen atoms in total. The molecule has 0 aromatic heterocycles. The van der Waals surface area contributed by atoms with Crippen LogP contribution in [-0.4, -0.2) is 81.6 Å². The fraction of sp³-hybridized carbons (Fsp3) is 0.621. The highest BCUT2D eigenvalue weighted by Crippen LogP contribution is 2.74. The molecule has 2 saturated carbocycles. The van der Waals surface area contributed by atoms with Gasteiger partial charge in [-0.25, -0.2) is 9.59 Å². The predicted octanol–water partition coefficient (Wildman–Crippen LogP) is 1.45. The van der Waals surface area contributed by atoms with Gasteiger partial charge in [0.2, 0.25) is 0 Å². The fourth-order valence-corrected chi connectivity index (χ4v) is 8.61. The minimum Gasteiger partial charge on any atom is -0.462 e. The fourth-order valence-electron chi connectivity index (χ4n) is 8.61. The predicted molar refractivity (Wildman–Crippen MR) is 133 cm³/mol. The molecular weight excluding hydrogens is 508 g/mol. The molecule has 1 aromatic carbocycles. The molecule has 0 bridgehead atoms.